The number of esters is 1. The number of amides is 1. The maximum absolute atomic E-state index is 12.5. The number of hydrogen-bond acceptors (Lipinski definition) is 4. The van der Waals surface area contributed by atoms with Crippen LogP contribution >= 0.6 is 11.6 Å². The first-order chi connectivity index (χ1) is 13.4. The molecule has 7 heteroatoms. The molecule has 6 nitrogen and oxygen atoms in total. The molecule has 1 amide bonds. The number of hydrogen-bond donors (Lipinski definition) is 1. The van der Waals surface area contributed by atoms with Crippen molar-refractivity contribution >= 4 is 29.3 Å². The minimum absolute atomic E-state index is 0.336. The van der Waals surface area contributed by atoms with Gasteiger partial charge in [-0.25, -0.2) is 9.78 Å². The molecule has 0 radical (unpaired) electrons. The fraction of sp³-hybridized carbons (Fsp3) is 0.190. The van der Waals surface area contributed by atoms with Gasteiger partial charge >= 0.3 is 5.97 Å². The first kappa shape index (κ1) is 19.6. The van der Waals surface area contributed by atoms with Crippen LogP contribution in [-0.2, 0) is 9.53 Å². The summed E-state index contributed by atoms with van der Waals surface area (Å²) in [6.07, 6.45) is 1.42. The Kier molecular flexibility index (Phi) is 5.80. The zero-order valence-corrected chi connectivity index (χ0v) is 16.6. The molecule has 2 heterocycles. The van der Waals surface area contributed by atoms with Crippen LogP contribution in [0.25, 0.3) is 5.69 Å². The van der Waals surface area contributed by atoms with Crippen molar-refractivity contribution in [2.75, 3.05) is 11.9 Å². The van der Waals surface area contributed by atoms with Crippen molar-refractivity contribution in [1.82, 2.24) is 9.55 Å². The Morgan fingerprint density at radius 3 is 2.57 bits per heavy atom. The lowest BCUT2D eigenvalue weighted by Crippen LogP contribution is -2.21. The zero-order valence-electron chi connectivity index (χ0n) is 15.8. The van der Waals surface area contributed by atoms with Crippen molar-refractivity contribution in [2.24, 2.45) is 0 Å². The summed E-state index contributed by atoms with van der Waals surface area (Å²) in [5.74, 6) is -0.689. The number of para-hydroxylation sites is 1. The first-order valence-electron chi connectivity index (χ1n) is 8.70. The highest BCUT2D eigenvalue weighted by Crippen LogP contribution is 2.23. The minimum Gasteiger partial charge on any atom is -0.452 e. The van der Waals surface area contributed by atoms with Gasteiger partial charge in [0, 0.05) is 23.3 Å². The van der Waals surface area contributed by atoms with Gasteiger partial charge in [-0.2, -0.15) is 0 Å². The second kappa shape index (κ2) is 8.27. The van der Waals surface area contributed by atoms with E-state index in [1.165, 1.54) is 6.20 Å². The molecule has 0 bridgehead atoms. The van der Waals surface area contributed by atoms with E-state index in [-0.39, 0.29) is 0 Å². The molecule has 28 heavy (non-hydrogen) atoms. The van der Waals surface area contributed by atoms with Crippen molar-refractivity contribution in [3.05, 3.63) is 76.2 Å². The molecule has 0 saturated heterocycles. The molecule has 0 unspecified atom stereocenters. The molecule has 2 aromatic heterocycles. The molecule has 0 aliphatic rings. The van der Waals surface area contributed by atoms with E-state index in [0.29, 0.717) is 16.4 Å². The summed E-state index contributed by atoms with van der Waals surface area (Å²) in [5.41, 5.74) is 4.20. The van der Waals surface area contributed by atoms with Crippen LogP contribution < -0.4 is 5.32 Å². The van der Waals surface area contributed by atoms with Crippen LogP contribution in [0, 0.1) is 20.8 Å². The maximum atomic E-state index is 12.5. The molecule has 0 saturated carbocycles. The molecule has 0 aliphatic heterocycles. The lowest BCUT2D eigenvalue weighted by atomic mass is 10.2. The molecule has 0 fully saturated rings. The number of benzene rings is 1. The number of rotatable bonds is 5. The Balaban J connectivity index is 1.70. The highest BCUT2D eigenvalue weighted by Gasteiger charge is 2.19. The number of aryl methyl sites for hydroxylation is 2. The minimum atomic E-state index is -0.549. The van der Waals surface area contributed by atoms with Crippen LogP contribution in [0.4, 0.5) is 5.82 Å². The first-order valence-corrected chi connectivity index (χ1v) is 9.08. The van der Waals surface area contributed by atoms with E-state index in [2.05, 4.69) is 10.3 Å². The lowest BCUT2D eigenvalue weighted by molar-refractivity contribution is -0.119. The van der Waals surface area contributed by atoms with E-state index in [4.69, 9.17) is 16.3 Å². The van der Waals surface area contributed by atoms with Crippen molar-refractivity contribution < 1.29 is 14.3 Å². The molecular formula is C21H20ClN3O3. The Morgan fingerprint density at radius 2 is 1.89 bits per heavy atom. The van der Waals surface area contributed by atoms with Gasteiger partial charge in [0.15, 0.2) is 6.61 Å². The molecule has 0 spiro atoms. The van der Waals surface area contributed by atoms with Crippen molar-refractivity contribution in [2.45, 2.75) is 20.8 Å². The average Bonchev–Trinajstić information content (AvgIpc) is 2.96. The number of carbonyl (C=O) groups excluding carboxylic acids is 2. The zero-order chi connectivity index (χ0) is 20.3. The van der Waals surface area contributed by atoms with Gasteiger partial charge in [-0.3, -0.25) is 4.79 Å². The van der Waals surface area contributed by atoms with Gasteiger partial charge in [-0.1, -0.05) is 29.8 Å². The molecule has 3 aromatic rings. The van der Waals surface area contributed by atoms with Crippen LogP contribution in [-0.4, -0.2) is 28.0 Å². The van der Waals surface area contributed by atoms with Crippen molar-refractivity contribution in [3.8, 4) is 5.69 Å². The number of aromatic nitrogens is 2. The van der Waals surface area contributed by atoms with Gasteiger partial charge in [0.05, 0.1) is 10.6 Å². The smallest absolute Gasteiger partial charge is 0.340 e. The fourth-order valence-electron chi connectivity index (χ4n) is 2.99. The number of halogens is 1. The van der Waals surface area contributed by atoms with E-state index < -0.39 is 18.5 Å². The van der Waals surface area contributed by atoms with E-state index in [1.54, 1.807) is 18.2 Å². The van der Waals surface area contributed by atoms with Crippen molar-refractivity contribution in [1.29, 1.82) is 0 Å². The van der Waals surface area contributed by atoms with Gasteiger partial charge in [0.2, 0.25) is 0 Å². The topological polar surface area (TPSA) is 73.2 Å². The highest BCUT2D eigenvalue weighted by molar-refractivity contribution is 6.30. The number of carbonyl (C=O) groups is 2. The van der Waals surface area contributed by atoms with Crippen molar-refractivity contribution in [3.63, 3.8) is 0 Å². The number of nitrogens with one attached hydrogen (secondary N) is 1. The van der Waals surface area contributed by atoms with Gasteiger partial charge in [0.1, 0.15) is 5.82 Å². The van der Waals surface area contributed by atoms with Crippen LogP contribution in [0.1, 0.15) is 27.3 Å². The van der Waals surface area contributed by atoms with Gasteiger partial charge in [-0.15, -0.1) is 0 Å². The number of nitrogens with zero attached hydrogens (tertiary/aromatic N) is 2. The van der Waals surface area contributed by atoms with E-state index in [0.717, 1.165) is 22.6 Å². The highest BCUT2D eigenvalue weighted by atomic mass is 35.5. The summed E-state index contributed by atoms with van der Waals surface area (Å²) in [4.78, 5) is 28.5. The van der Waals surface area contributed by atoms with Crippen LogP contribution in [0.3, 0.4) is 0 Å². The maximum Gasteiger partial charge on any atom is 0.340 e. The average molecular weight is 398 g/mol. The molecule has 144 valence electrons. The Hall–Kier alpha value is -3.12. The Bertz CT molecular complexity index is 1030. The molecule has 0 atom stereocenters. The summed E-state index contributed by atoms with van der Waals surface area (Å²) in [5, 5.41) is 3.02. The van der Waals surface area contributed by atoms with Crippen LogP contribution in [0.5, 0.6) is 0 Å². The summed E-state index contributed by atoms with van der Waals surface area (Å²) in [7, 11) is 0. The summed E-state index contributed by atoms with van der Waals surface area (Å²) in [6, 6.07) is 12.9. The monoisotopic (exact) mass is 397 g/mol. The number of pyridine rings is 1. The van der Waals surface area contributed by atoms with E-state index >= 15 is 0 Å². The standard InChI is InChI=1S/C21H20ClN3O3/c1-13-6-4-5-7-18(13)25-14(2)10-17(15(25)3)21(27)28-12-20(26)24-19-9-8-16(22)11-23-19/h4-11H,12H2,1-3H3,(H,23,24,26). The summed E-state index contributed by atoms with van der Waals surface area (Å²) >= 11 is 5.76. The number of anilines is 1. The Labute approximate surface area is 168 Å². The third kappa shape index (κ3) is 4.23. The normalized spacial score (nSPS) is 10.6. The summed E-state index contributed by atoms with van der Waals surface area (Å²) in [6.45, 7) is 5.39. The van der Waals surface area contributed by atoms with Crippen LogP contribution in [0.2, 0.25) is 5.02 Å². The third-order valence-electron chi connectivity index (χ3n) is 4.34. The quantitative estimate of drug-likeness (QED) is 0.653. The second-order valence-electron chi connectivity index (χ2n) is 6.39. The number of ether oxygens (including phenoxy) is 1. The molecule has 1 N–H and O–H groups in total. The molecule has 0 aliphatic carbocycles. The fourth-order valence-corrected chi connectivity index (χ4v) is 3.10. The van der Waals surface area contributed by atoms with Gasteiger partial charge < -0.3 is 14.6 Å². The van der Waals surface area contributed by atoms with E-state index in [9.17, 15) is 9.59 Å². The van der Waals surface area contributed by atoms with E-state index in [1.807, 2.05) is 49.6 Å². The predicted molar refractivity (Wildman–Crippen MR) is 108 cm³/mol. The lowest BCUT2D eigenvalue weighted by Gasteiger charge is -2.12. The Morgan fingerprint density at radius 1 is 1.14 bits per heavy atom. The van der Waals surface area contributed by atoms with Gasteiger partial charge in [0.25, 0.3) is 5.91 Å². The van der Waals surface area contributed by atoms with Gasteiger partial charge in [-0.05, 0) is 50.6 Å². The molecular weight excluding hydrogens is 378 g/mol. The van der Waals surface area contributed by atoms with Crippen LogP contribution in [0.15, 0.2) is 48.7 Å². The second-order valence-corrected chi connectivity index (χ2v) is 6.83. The third-order valence-corrected chi connectivity index (χ3v) is 4.56. The largest absolute Gasteiger partial charge is 0.452 e. The SMILES string of the molecule is Cc1ccccc1-n1c(C)cc(C(=O)OCC(=O)Nc2ccc(Cl)cn2)c1C. The molecule has 3 rings (SSSR count). The molecule has 1 aromatic carbocycles. The summed E-state index contributed by atoms with van der Waals surface area (Å²) < 4.78 is 7.19. The predicted octanol–water partition coefficient (Wildman–Crippen LogP) is 4.25.